The molecule has 0 bridgehead atoms. The lowest BCUT2D eigenvalue weighted by Crippen LogP contribution is -2.35. The van der Waals surface area contributed by atoms with Gasteiger partial charge in [0.15, 0.2) is 0 Å². The number of hydrogen-bond donors (Lipinski definition) is 0. The lowest BCUT2D eigenvalue weighted by molar-refractivity contribution is -0.0749. The molecule has 0 N–H and O–H groups in total. The predicted octanol–water partition coefficient (Wildman–Crippen LogP) is 7.33. The van der Waals surface area contributed by atoms with Crippen LogP contribution in [0.15, 0.2) is 18.2 Å². The van der Waals surface area contributed by atoms with Gasteiger partial charge in [0.2, 0.25) is 0 Å². The molecule has 2 aliphatic rings. The monoisotopic (exact) mass is 388 g/mol. The Balaban J connectivity index is 1.69. The molecule has 0 amide bonds. The number of benzene rings is 1. The van der Waals surface area contributed by atoms with E-state index in [1.54, 1.807) is 19.1 Å². The Morgan fingerprint density at radius 2 is 1.63 bits per heavy atom. The van der Waals surface area contributed by atoms with Crippen LogP contribution in [0.4, 0.5) is 22.0 Å². The Hall–Kier alpha value is -1.13. The molecule has 2 fully saturated rings. The molecule has 4 unspecified atom stereocenters. The van der Waals surface area contributed by atoms with Crippen LogP contribution in [0, 0.1) is 17.7 Å². The summed E-state index contributed by atoms with van der Waals surface area (Å²) in [5.74, 6) is -4.75. The molecule has 1 aromatic carbocycles. The quantitative estimate of drug-likeness (QED) is 0.474. The molecule has 0 spiro atoms. The van der Waals surface area contributed by atoms with Crippen LogP contribution in [0.1, 0.15) is 81.8 Å². The molecule has 0 nitrogen and oxygen atoms in total. The van der Waals surface area contributed by atoms with Crippen LogP contribution >= 0.6 is 0 Å². The van der Waals surface area contributed by atoms with Crippen molar-refractivity contribution in [3.8, 4) is 0 Å². The second-order valence-corrected chi connectivity index (χ2v) is 8.49. The largest absolute Gasteiger partial charge is 0.250 e. The third kappa shape index (κ3) is 4.17. The summed E-state index contributed by atoms with van der Waals surface area (Å²) < 4.78 is 70.8. The maximum Gasteiger partial charge on any atom is 0.250 e. The zero-order chi connectivity index (χ0) is 19.8. The molecule has 27 heavy (non-hydrogen) atoms. The Bertz CT molecular complexity index is 636. The summed E-state index contributed by atoms with van der Waals surface area (Å²) >= 11 is 0. The maximum absolute atomic E-state index is 14.7. The van der Waals surface area contributed by atoms with Gasteiger partial charge >= 0.3 is 0 Å². The van der Waals surface area contributed by atoms with Gasteiger partial charge < -0.3 is 0 Å². The van der Waals surface area contributed by atoms with E-state index in [0.717, 1.165) is 5.56 Å². The van der Waals surface area contributed by atoms with E-state index in [4.69, 9.17) is 0 Å². The second-order valence-electron chi connectivity index (χ2n) is 8.49. The maximum atomic E-state index is 14.7. The van der Waals surface area contributed by atoms with Crippen LogP contribution in [0.25, 0.3) is 0 Å². The highest BCUT2D eigenvalue weighted by Crippen LogP contribution is 2.45. The zero-order valence-electron chi connectivity index (χ0n) is 16.0. The minimum atomic E-state index is -2.63. The van der Waals surface area contributed by atoms with Gasteiger partial charge in [0.1, 0.15) is 18.2 Å². The highest BCUT2D eigenvalue weighted by atomic mass is 19.3. The summed E-state index contributed by atoms with van der Waals surface area (Å²) in [7, 11) is 0. The molecule has 5 heteroatoms. The van der Waals surface area contributed by atoms with Crippen LogP contribution in [0.2, 0.25) is 0 Å². The third-order valence-corrected chi connectivity index (χ3v) is 6.86. The van der Waals surface area contributed by atoms with Crippen molar-refractivity contribution in [2.45, 2.75) is 88.9 Å². The smallest absolute Gasteiger partial charge is 0.244 e. The van der Waals surface area contributed by atoms with Crippen LogP contribution in [-0.2, 0) is 0 Å². The van der Waals surface area contributed by atoms with Crippen LogP contribution in [0.5, 0.6) is 0 Å². The summed E-state index contributed by atoms with van der Waals surface area (Å²) in [5, 5.41) is 0. The Morgan fingerprint density at radius 1 is 0.963 bits per heavy atom. The van der Waals surface area contributed by atoms with Gasteiger partial charge in [0.25, 0.3) is 5.92 Å². The fraction of sp³-hybridized carbons (Fsp3) is 0.727. The van der Waals surface area contributed by atoms with E-state index in [-0.39, 0.29) is 23.8 Å². The Morgan fingerprint density at radius 3 is 2.22 bits per heavy atom. The van der Waals surface area contributed by atoms with Gasteiger partial charge in [-0.2, -0.15) is 0 Å². The van der Waals surface area contributed by atoms with Crippen LogP contribution in [0.3, 0.4) is 0 Å². The molecule has 0 radical (unpaired) electrons. The van der Waals surface area contributed by atoms with Gasteiger partial charge in [-0.15, -0.1) is 0 Å². The Kier molecular flexibility index (Phi) is 6.17. The first kappa shape index (κ1) is 20.6. The number of halogens is 5. The number of hydrogen-bond acceptors (Lipinski definition) is 0. The summed E-state index contributed by atoms with van der Waals surface area (Å²) in [6.07, 6.45) is -0.308. The van der Waals surface area contributed by atoms with Crippen molar-refractivity contribution < 1.29 is 22.0 Å². The molecule has 0 saturated heterocycles. The minimum Gasteiger partial charge on any atom is -0.244 e. The first-order valence-electron chi connectivity index (χ1n) is 10.2. The van der Waals surface area contributed by atoms with Crippen LogP contribution < -0.4 is 0 Å². The molecule has 3 rings (SSSR count). The number of rotatable bonds is 4. The topological polar surface area (TPSA) is 0 Å². The van der Waals surface area contributed by atoms with E-state index < -0.39 is 35.9 Å². The van der Waals surface area contributed by atoms with Gasteiger partial charge in [-0.3, -0.25) is 0 Å². The summed E-state index contributed by atoms with van der Waals surface area (Å²) in [4.78, 5) is 0. The third-order valence-electron chi connectivity index (χ3n) is 6.86. The second kappa shape index (κ2) is 8.08. The van der Waals surface area contributed by atoms with Crippen molar-refractivity contribution >= 4 is 0 Å². The average Bonchev–Trinajstić information content (AvgIpc) is 2.67. The van der Waals surface area contributed by atoms with E-state index in [2.05, 4.69) is 0 Å². The highest BCUT2D eigenvalue weighted by Gasteiger charge is 2.41. The molecule has 2 saturated carbocycles. The van der Waals surface area contributed by atoms with Crippen molar-refractivity contribution in [2.75, 3.05) is 0 Å². The van der Waals surface area contributed by atoms with Gasteiger partial charge in [-0.25, -0.2) is 22.0 Å². The molecular formula is C22H29F5. The fourth-order valence-electron chi connectivity index (χ4n) is 4.86. The average molecular weight is 388 g/mol. The lowest BCUT2D eigenvalue weighted by Gasteiger charge is -2.34. The molecule has 0 aliphatic heterocycles. The van der Waals surface area contributed by atoms with E-state index in [1.165, 1.54) is 13.0 Å². The summed E-state index contributed by atoms with van der Waals surface area (Å²) in [5.41, 5.74) is 1.03. The molecule has 152 valence electrons. The van der Waals surface area contributed by atoms with Crippen molar-refractivity contribution in [1.29, 1.82) is 0 Å². The Labute approximate surface area is 158 Å². The van der Waals surface area contributed by atoms with Crippen LogP contribution in [-0.4, -0.2) is 18.3 Å². The van der Waals surface area contributed by atoms with Gasteiger partial charge in [0, 0.05) is 18.3 Å². The predicted molar refractivity (Wildman–Crippen MR) is 97.3 cm³/mol. The van der Waals surface area contributed by atoms with E-state index in [9.17, 15) is 22.0 Å². The molecule has 1 aromatic rings. The molecule has 0 heterocycles. The molecule has 0 aromatic heterocycles. The van der Waals surface area contributed by atoms with Crippen molar-refractivity contribution in [3.63, 3.8) is 0 Å². The molecular weight excluding hydrogens is 359 g/mol. The van der Waals surface area contributed by atoms with Crippen molar-refractivity contribution in [2.24, 2.45) is 11.8 Å². The van der Waals surface area contributed by atoms with Crippen molar-refractivity contribution in [1.82, 2.24) is 0 Å². The SMILES string of the molecule is CCC(F)(F)C1CCC(c2ccc(C3CCC(C)C(F)C3F)c(F)c2)CC1. The molecule has 4 atom stereocenters. The first-order chi connectivity index (χ1) is 12.7. The lowest BCUT2D eigenvalue weighted by atomic mass is 9.74. The number of alkyl halides is 4. The standard InChI is InChI=1S/C22H29F5/c1-3-22(26,27)16-8-5-14(6-9-16)15-7-11-17(19(23)12-15)18-10-4-13(2)20(24)21(18)25/h7,11-14,16,18,20-21H,3-6,8-10H2,1-2H3. The highest BCUT2D eigenvalue weighted by molar-refractivity contribution is 5.31. The summed E-state index contributed by atoms with van der Waals surface area (Å²) in [6, 6.07) is 4.77. The van der Waals surface area contributed by atoms with E-state index in [1.807, 2.05) is 0 Å². The minimum absolute atomic E-state index is 0.0546. The summed E-state index contributed by atoms with van der Waals surface area (Å²) in [6.45, 7) is 3.19. The molecule has 2 aliphatic carbocycles. The van der Waals surface area contributed by atoms with Gasteiger partial charge in [0.05, 0.1) is 0 Å². The fourth-order valence-corrected chi connectivity index (χ4v) is 4.86. The van der Waals surface area contributed by atoms with Crippen molar-refractivity contribution in [3.05, 3.63) is 35.1 Å². The zero-order valence-corrected chi connectivity index (χ0v) is 16.0. The first-order valence-corrected chi connectivity index (χ1v) is 10.2. The van der Waals surface area contributed by atoms with E-state index >= 15 is 0 Å². The van der Waals surface area contributed by atoms with E-state index in [0.29, 0.717) is 38.5 Å². The normalized spacial score (nSPS) is 35.2. The van der Waals surface area contributed by atoms with Gasteiger partial charge in [-0.05, 0) is 67.6 Å². The van der Waals surface area contributed by atoms with Gasteiger partial charge in [-0.1, -0.05) is 26.0 Å².